The molecule has 0 saturated heterocycles. The van der Waals surface area contributed by atoms with Crippen molar-refractivity contribution in [2.45, 2.75) is 19.4 Å². The Morgan fingerprint density at radius 1 is 0.812 bits per heavy atom. The summed E-state index contributed by atoms with van der Waals surface area (Å²) in [7, 11) is 0. The predicted molar refractivity (Wildman–Crippen MR) is 117 cm³/mol. The van der Waals surface area contributed by atoms with Crippen molar-refractivity contribution in [2.24, 2.45) is 0 Å². The molecule has 1 aliphatic rings. The Bertz CT molecular complexity index is 1200. The van der Waals surface area contributed by atoms with Crippen LogP contribution in [0.5, 0.6) is 0 Å². The molecule has 6 nitrogen and oxygen atoms in total. The molecule has 4 rings (SSSR count). The molecule has 1 unspecified atom stereocenters. The van der Waals surface area contributed by atoms with Crippen LogP contribution in [-0.4, -0.2) is 35.1 Å². The minimum Gasteiger partial charge on any atom is -0.464 e. The maximum Gasteiger partial charge on any atom is 0.336 e. The van der Waals surface area contributed by atoms with Crippen LogP contribution in [0.25, 0.3) is 0 Å². The van der Waals surface area contributed by atoms with Crippen molar-refractivity contribution in [1.82, 2.24) is 4.90 Å². The van der Waals surface area contributed by atoms with Crippen molar-refractivity contribution in [2.75, 3.05) is 6.61 Å². The molecule has 3 aromatic carbocycles. The van der Waals surface area contributed by atoms with E-state index in [9.17, 15) is 19.2 Å². The van der Waals surface area contributed by atoms with Gasteiger partial charge in [-0.1, -0.05) is 60.7 Å². The second-order valence-electron chi connectivity index (χ2n) is 7.56. The number of ether oxygens (including phenoxy) is 1. The molecule has 3 aromatic rings. The first kappa shape index (κ1) is 21.2. The third-order valence-electron chi connectivity index (χ3n) is 5.64. The van der Waals surface area contributed by atoms with Gasteiger partial charge < -0.3 is 4.74 Å². The first-order valence-electron chi connectivity index (χ1n) is 10.2. The molecule has 0 fully saturated rings. The van der Waals surface area contributed by atoms with Crippen LogP contribution in [-0.2, 0) is 15.1 Å². The average Bonchev–Trinajstić information content (AvgIpc) is 3.09. The lowest BCUT2D eigenvalue weighted by Gasteiger charge is -2.35. The van der Waals surface area contributed by atoms with Crippen molar-refractivity contribution in [3.05, 3.63) is 107 Å². The van der Waals surface area contributed by atoms with Crippen molar-refractivity contribution in [3.8, 4) is 0 Å². The van der Waals surface area contributed by atoms with E-state index in [2.05, 4.69) is 0 Å². The van der Waals surface area contributed by atoms with Crippen molar-refractivity contribution in [3.63, 3.8) is 0 Å². The van der Waals surface area contributed by atoms with Gasteiger partial charge in [-0.2, -0.15) is 0 Å². The molecule has 160 valence electrons. The number of rotatable bonds is 6. The molecule has 2 amide bonds. The Morgan fingerprint density at radius 3 is 1.97 bits per heavy atom. The van der Waals surface area contributed by atoms with E-state index in [1.54, 1.807) is 73.7 Å². The number of hydrogen-bond acceptors (Lipinski definition) is 5. The Balaban J connectivity index is 1.84. The number of fused-ring (bicyclic) bond motifs is 1. The van der Waals surface area contributed by atoms with E-state index in [1.807, 2.05) is 6.07 Å². The molecular weight excluding hydrogens is 406 g/mol. The van der Waals surface area contributed by atoms with Gasteiger partial charge in [0.1, 0.15) is 0 Å². The van der Waals surface area contributed by atoms with Gasteiger partial charge in [0.05, 0.1) is 17.7 Å². The van der Waals surface area contributed by atoms with Crippen LogP contribution in [0.15, 0.2) is 78.9 Å². The van der Waals surface area contributed by atoms with Crippen LogP contribution in [0.3, 0.4) is 0 Å². The predicted octanol–water partition coefficient (Wildman–Crippen LogP) is 3.99. The van der Waals surface area contributed by atoms with Crippen LogP contribution >= 0.6 is 0 Å². The first-order chi connectivity index (χ1) is 15.4. The summed E-state index contributed by atoms with van der Waals surface area (Å²) in [6.07, 6.45) is 0. The van der Waals surface area contributed by atoms with Gasteiger partial charge in [0.25, 0.3) is 11.8 Å². The van der Waals surface area contributed by atoms with Crippen LogP contribution in [0.2, 0.25) is 0 Å². The third kappa shape index (κ3) is 3.30. The summed E-state index contributed by atoms with van der Waals surface area (Å²) in [6, 6.07) is 21.6. The Hall–Kier alpha value is -4.06. The maximum absolute atomic E-state index is 13.2. The van der Waals surface area contributed by atoms with E-state index in [1.165, 1.54) is 13.0 Å². The van der Waals surface area contributed by atoms with Gasteiger partial charge >= 0.3 is 5.97 Å². The number of carbonyl (C=O) groups excluding carboxylic acids is 4. The zero-order chi connectivity index (χ0) is 22.9. The summed E-state index contributed by atoms with van der Waals surface area (Å²) in [5, 5.41) is 0. The maximum atomic E-state index is 13.2. The molecule has 0 saturated carbocycles. The molecule has 0 radical (unpaired) electrons. The van der Waals surface area contributed by atoms with Gasteiger partial charge in [-0.3, -0.25) is 19.3 Å². The molecule has 6 heteroatoms. The third-order valence-corrected chi connectivity index (χ3v) is 5.64. The number of hydrogen-bond donors (Lipinski definition) is 0. The highest BCUT2D eigenvalue weighted by molar-refractivity contribution is 6.23. The molecular formula is C26H21NO5. The van der Waals surface area contributed by atoms with Gasteiger partial charge in [-0.25, -0.2) is 4.79 Å². The van der Waals surface area contributed by atoms with Gasteiger partial charge in [0, 0.05) is 11.1 Å². The molecule has 1 atom stereocenters. The second kappa shape index (κ2) is 8.23. The van der Waals surface area contributed by atoms with Crippen LogP contribution in [0.4, 0.5) is 0 Å². The number of ketones is 1. The fourth-order valence-electron chi connectivity index (χ4n) is 3.92. The van der Waals surface area contributed by atoms with Crippen molar-refractivity contribution in [1.29, 1.82) is 0 Å². The van der Waals surface area contributed by atoms with Gasteiger partial charge in [-0.15, -0.1) is 0 Å². The summed E-state index contributed by atoms with van der Waals surface area (Å²) in [6.45, 7) is 3.19. The lowest BCUT2D eigenvalue weighted by molar-refractivity contribution is -0.154. The topological polar surface area (TPSA) is 80.8 Å². The van der Waals surface area contributed by atoms with E-state index >= 15 is 0 Å². The van der Waals surface area contributed by atoms with Crippen molar-refractivity contribution >= 4 is 23.6 Å². The molecule has 1 aliphatic heterocycles. The van der Waals surface area contributed by atoms with Crippen LogP contribution in [0, 0.1) is 0 Å². The largest absolute Gasteiger partial charge is 0.464 e. The molecule has 0 N–H and O–H groups in total. The highest BCUT2D eigenvalue weighted by Crippen LogP contribution is 2.37. The summed E-state index contributed by atoms with van der Waals surface area (Å²) < 4.78 is 5.28. The summed E-state index contributed by atoms with van der Waals surface area (Å²) in [5.74, 6) is -2.15. The van der Waals surface area contributed by atoms with E-state index < -0.39 is 23.3 Å². The SMILES string of the molecule is CCOC(=O)C(C)(c1cccc(C(=O)c2ccccc2)c1)N1C(=O)c2ccccc2C1=O. The number of esters is 1. The fourth-order valence-corrected chi connectivity index (χ4v) is 3.92. The number of benzene rings is 3. The standard InChI is InChI=1S/C26H21NO5/c1-3-32-25(31)26(2,27-23(29)20-14-7-8-15-21(20)24(27)30)19-13-9-12-18(16-19)22(28)17-10-5-4-6-11-17/h4-16H,3H2,1-2H3. The zero-order valence-corrected chi connectivity index (χ0v) is 17.7. The summed E-state index contributed by atoms with van der Waals surface area (Å²) >= 11 is 0. The first-order valence-corrected chi connectivity index (χ1v) is 10.2. The molecule has 0 bridgehead atoms. The molecule has 32 heavy (non-hydrogen) atoms. The number of amides is 2. The lowest BCUT2D eigenvalue weighted by Crippen LogP contribution is -2.53. The second-order valence-corrected chi connectivity index (χ2v) is 7.56. The van der Waals surface area contributed by atoms with Gasteiger partial charge in [0.15, 0.2) is 11.3 Å². The minimum atomic E-state index is -1.75. The highest BCUT2D eigenvalue weighted by Gasteiger charge is 2.53. The van der Waals surface area contributed by atoms with Crippen molar-refractivity contribution < 1.29 is 23.9 Å². The van der Waals surface area contributed by atoms with E-state index in [0.717, 1.165) is 4.90 Å². The lowest BCUT2D eigenvalue weighted by atomic mass is 9.87. The normalized spacial score (nSPS) is 14.6. The smallest absolute Gasteiger partial charge is 0.336 e. The number of carbonyl (C=O) groups is 4. The molecule has 0 spiro atoms. The molecule has 1 heterocycles. The van der Waals surface area contributed by atoms with E-state index in [4.69, 9.17) is 4.74 Å². The zero-order valence-electron chi connectivity index (χ0n) is 17.7. The van der Waals surface area contributed by atoms with E-state index in [-0.39, 0.29) is 23.5 Å². The number of imide groups is 1. The van der Waals surface area contributed by atoms with Crippen LogP contribution < -0.4 is 0 Å². The van der Waals surface area contributed by atoms with Crippen LogP contribution in [0.1, 0.15) is 56.0 Å². The monoisotopic (exact) mass is 427 g/mol. The average molecular weight is 427 g/mol. The van der Waals surface area contributed by atoms with E-state index in [0.29, 0.717) is 16.7 Å². The Labute approximate surface area is 185 Å². The Kier molecular flexibility index (Phi) is 5.45. The Morgan fingerprint density at radius 2 is 1.38 bits per heavy atom. The number of nitrogens with zero attached hydrogens (tertiary/aromatic N) is 1. The molecule has 0 aliphatic carbocycles. The highest BCUT2D eigenvalue weighted by atomic mass is 16.5. The minimum absolute atomic E-state index is 0.0697. The quantitative estimate of drug-likeness (QED) is 0.338. The van der Waals surface area contributed by atoms with Gasteiger partial charge in [-0.05, 0) is 37.6 Å². The summed E-state index contributed by atoms with van der Waals surface area (Å²) in [5.41, 5.74) is -0.165. The fraction of sp³-hybridized carbons (Fsp3) is 0.154. The molecule has 0 aromatic heterocycles. The van der Waals surface area contributed by atoms with Gasteiger partial charge in [0.2, 0.25) is 0 Å². The summed E-state index contributed by atoms with van der Waals surface area (Å²) in [4.78, 5) is 53.5.